The van der Waals surface area contributed by atoms with Gasteiger partial charge in [0.15, 0.2) is 0 Å². The van der Waals surface area contributed by atoms with Crippen LogP contribution in [-0.2, 0) is 23.3 Å². The Labute approximate surface area is 177 Å². The first-order chi connectivity index (χ1) is 13.7. The van der Waals surface area contributed by atoms with Crippen LogP contribution in [0.25, 0.3) is 0 Å². The molecule has 0 aromatic carbocycles. The molecule has 4 rings (SSSR count). The van der Waals surface area contributed by atoms with Gasteiger partial charge in [-0.15, -0.1) is 10.3 Å². The second kappa shape index (κ2) is 7.63. The largest absolute Gasteiger partial charge is 0.302 e. The number of carbonyl (C=O) groups is 2. The summed E-state index contributed by atoms with van der Waals surface area (Å²) in [7, 11) is -5.89. The smallest absolute Gasteiger partial charge is 0.277 e. The molecule has 3 saturated carbocycles. The van der Waals surface area contributed by atoms with Gasteiger partial charge in [-0.1, -0.05) is 33.1 Å². The lowest BCUT2D eigenvalue weighted by atomic mass is 9.70. The van der Waals surface area contributed by atoms with Gasteiger partial charge in [-0.05, 0) is 55.8 Å². The lowest BCUT2D eigenvalue weighted by Crippen LogP contribution is -2.43. The number of carbonyl (C=O) groups excluding carboxylic acids is 2. The van der Waals surface area contributed by atoms with Gasteiger partial charge >= 0.3 is 0 Å². The van der Waals surface area contributed by atoms with Gasteiger partial charge in [-0.3, -0.25) is 4.79 Å². The van der Waals surface area contributed by atoms with Gasteiger partial charge in [0, 0.05) is 17.4 Å². The van der Waals surface area contributed by atoms with Crippen LogP contribution < -0.4 is 0 Å². The molecule has 5 nitrogen and oxygen atoms in total. The summed E-state index contributed by atoms with van der Waals surface area (Å²) in [6.45, 7) is 4.11. The molecule has 3 aliphatic carbocycles. The lowest BCUT2D eigenvalue weighted by Gasteiger charge is -2.44. The molecule has 0 spiro atoms. The zero-order valence-electron chi connectivity index (χ0n) is 17.9. The molecule has 0 aromatic heterocycles. The highest BCUT2D eigenvalue weighted by atomic mass is 32.3. The van der Waals surface area contributed by atoms with E-state index in [2.05, 4.69) is 13.8 Å². The molecule has 0 aromatic rings. The van der Waals surface area contributed by atoms with Crippen molar-refractivity contribution in [3.63, 3.8) is 0 Å². The van der Waals surface area contributed by atoms with Crippen molar-refractivity contribution in [2.24, 2.45) is 22.7 Å². The van der Waals surface area contributed by atoms with Crippen LogP contribution in [0.1, 0.15) is 78.1 Å². The van der Waals surface area contributed by atoms with Gasteiger partial charge in [0.05, 0.1) is 16.9 Å². The standard InChI is InChI=1S/C22H36O5S2/c1-21(2)18-10-11-22(21,20(24)15-18)16-29(25,26)27-28(14-12-23)13-6-9-19(28)17-7-4-3-5-8-17/h12,17-19H,3-11,13-16H2,1-2H3. The Kier molecular flexibility index (Phi) is 5.74. The van der Waals surface area contributed by atoms with Gasteiger partial charge in [-0.2, -0.15) is 8.42 Å². The predicted octanol–water partition coefficient (Wildman–Crippen LogP) is 4.39. The molecule has 1 heterocycles. The van der Waals surface area contributed by atoms with Crippen LogP contribution in [0.5, 0.6) is 0 Å². The molecule has 4 aliphatic rings. The third kappa shape index (κ3) is 3.53. The second-order valence-electron chi connectivity index (χ2n) is 10.4. The monoisotopic (exact) mass is 444 g/mol. The Balaban J connectivity index is 1.59. The Morgan fingerprint density at radius 3 is 2.41 bits per heavy atom. The average molecular weight is 445 g/mol. The maximum absolute atomic E-state index is 13.4. The van der Waals surface area contributed by atoms with Crippen molar-refractivity contribution in [3.8, 4) is 0 Å². The van der Waals surface area contributed by atoms with Crippen LogP contribution >= 0.6 is 10.3 Å². The third-order valence-electron chi connectivity index (χ3n) is 8.86. The number of aldehydes is 1. The van der Waals surface area contributed by atoms with Crippen molar-refractivity contribution in [1.82, 2.24) is 0 Å². The highest BCUT2D eigenvalue weighted by Gasteiger charge is 2.66. The van der Waals surface area contributed by atoms with Crippen LogP contribution in [-0.4, -0.2) is 43.0 Å². The highest BCUT2D eigenvalue weighted by molar-refractivity contribution is 8.34. The minimum atomic E-state index is -3.89. The van der Waals surface area contributed by atoms with Crippen LogP contribution in [0, 0.1) is 22.7 Å². The van der Waals surface area contributed by atoms with Gasteiger partial charge in [0.2, 0.25) is 0 Å². The molecule has 1 saturated heterocycles. The zero-order valence-corrected chi connectivity index (χ0v) is 19.5. The van der Waals surface area contributed by atoms with Gasteiger partial charge < -0.3 is 4.79 Å². The average Bonchev–Trinajstić information content (AvgIpc) is 3.21. The molecule has 4 fully saturated rings. The van der Waals surface area contributed by atoms with Crippen molar-refractivity contribution in [1.29, 1.82) is 0 Å². The predicted molar refractivity (Wildman–Crippen MR) is 116 cm³/mol. The first-order valence-corrected chi connectivity index (χ1v) is 14.9. The molecule has 0 amide bonds. The molecule has 0 N–H and O–H groups in total. The molecule has 29 heavy (non-hydrogen) atoms. The fraction of sp³-hybridized carbons (Fsp3) is 0.909. The van der Waals surface area contributed by atoms with Crippen LogP contribution in [0.3, 0.4) is 0 Å². The first-order valence-electron chi connectivity index (χ1n) is 11.3. The molecule has 2 bridgehead atoms. The minimum Gasteiger partial charge on any atom is -0.302 e. The zero-order chi connectivity index (χ0) is 20.9. The lowest BCUT2D eigenvalue weighted by molar-refractivity contribution is -0.128. The summed E-state index contributed by atoms with van der Waals surface area (Å²) in [5, 5.41) is 0.212. The van der Waals surface area contributed by atoms with E-state index < -0.39 is 25.8 Å². The van der Waals surface area contributed by atoms with Gasteiger partial charge in [0.1, 0.15) is 12.1 Å². The Morgan fingerprint density at radius 2 is 1.83 bits per heavy atom. The summed E-state index contributed by atoms with van der Waals surface area (Å²) >= 11 is 0. The summed E-state index contributed by atoms with van der Waals surface area (Å²) in [6.07, 6.45) is 10.7. The SMILES string of the molecule is CC1(C)C2CCC1(CS(=O)(=O)OS1(CC=O)CCCC1C1CCCCC1)C(=O)C2. The fourth-order valence-electron chi connectivity index (χ4n) is 7.06. The molecular weight excluding hydrogens is 408 g/mol. The Morgan fingerprint density at radius 1 is 1.10 bits per heavy atom. The number of hydrogen-bond acceptors (Lipinski definition) is 5. The van der Waals surface area contributed by atoms with E-state index in [4.69, 9.17) is 3.63 Å². The van der Waals surface area contributed by atoms with E-state index in [1.54, 1.807) is 0 Å². The summed E-state index contributed by atoms with van der Waals surface area (Å²) < 4.78 is 32.9. The van der Waals surface area contributed by atoms with E-state index in [0.717, 1.165) is 38.4 Å². The van der Waals surface area contributed by atoms with Crippen molar-refractivity contribution in [3.05, 3.63) is 0 Å². The van der Waals surface area contributed by atoms with Crippen molar-refractivity contribution in [2.75, 3.05) is 17.3 Å². The van der Waals surface area contributed by atoms with Crippen molar-refractivity contribution >= 4 is 32.5 Å². The van der Waals surface area contributed by atoms with Crippen LogP contribution in [0.15, 0.2) is 0 Å². The van der Waals surface area contributed by atoms with E-state index in [1.807, 2.05) is 0 Å². The molecular formula is C22H36O5S2. The number of rotatable bonds is 7. The normalized spacial score (nSPS) is 42.1. The summed E-state index contributed by atoms with van der Waals surface area (Å²) in [4.78, 5) is 24.4. The minimum absolute atomic E-state index is 0.0978. The number of fused-ring (bicyclic) bond motifs is 2. The topological polar surface area (TPSA) is 77.5 Å². The van der Waals surface area contributed by atoms with Crippen molar-refractivity contribution in [2.45, 2.75) is 83.3 Å². The molecule has 4 atom stereocenters. The number of hydrogen-bond donors (Lipinski definition) is 0. The Bertz CT molecular complexity index is 770. The first kappa shape index (κ1) is 21.8. The fourth-order valence-corrected chi connectivity index (χ4v) is 14.3. The Hall–Kier alpha value is -0.400. The molecule has 1 aliphatic heterocycles. The maximum atomic E-state index is 13.4. The van der Waals surface area contributed by atoms with Crippen LogP contribution in [0.2, 0.25) is 0 Å². The molecule has 4 unspecified atom stereocenters. The highest BCUT2D eigenvalue weighted by Crippen LogP contribution is 2.67. The molecule has 166 valence electrons. The quantitative estimate of drug-likeness (QED) is 0.544. The van der Waals surface area contributed by atoms with E-state index in [1.165, 1.54) is 19.3 Å². The van der Waals surface area contributed by atoms with E-state index in [9.17, 15) is 18.0 Å². The summed E-state index contributed by atoms with van der Waals surface area (Å²) in [6, 6.07) is 0. The third-order valence-corrected chi connectivity index (χ3v) is 15.0. The van der Waals surface area contributed by atoms with Crippen molar-refractivity contribution < 1.29 is 21.6 Å². The van der Waals surface area contributed by atoms with E-state index >= 15 is 0 Å². The molecule has 7 heteroatoms. The van der Waals surface area contributed by atoms with E-state index in [0.29, 0.717) is 24.5 Å². The number of Topliss-reactive ketones (excluding diaryl/α,β-unsaturated/α-hetero) is 1. The summed E-state index contributed by atoms with van der Waals surface area (Å²) in [5.74, 6) is 1.59. The van der Waals surface area contributed by atoms with Gasteiger partial charge in [0.25, 0.3) is 10.1 Å². The second-order valence-corrected chi connectivity index (χ2v) is 15.5. The van der Waals surface area contributed by atoms with E-state index in [-0.39, 0.29) is 33.9 Å². The summed E-state index contributed by atoms with van der Waals surface area (Å²) in [5.41, 5.74) is -1.11. The van der Waals surface area contributed by atoms with Gasteiger partial charge in [-0.25, -0.2) is 3.63 Å². The number of ketones is 1. The maximum Gasteiger partial charge on any atom is 0.277 e. The molecule has 0 radical (unpaired) electrons. The van der Waals surface area contributed by atoms with Crippen LogP contribution in [0.4, 0.5) is 0 Å².